The maximum Gasteiger partial charge on any atom is 0.0458 e. The lowest BCUT2D eigenvalue weighted by atomic mass is 10.0. The number of fused-ring (bicyclic) bond motifs is 1. The molecule has 0 spiro atoms. The summed E-state index contributed by atoms with van der Waals surface area (Å²) in [5, 5.41) is 4.58. The lowest BCUT2D eigenvalue weighted by Gasteiger charge is -2.01. The monoisotopic (exact) mass is 216 g/mol. The third-order valence-electron chi connectivity index (χ3n) is 3.13. The van der Waals surface area contributed by atoms with E-state index in [2.05, 4.69) is 41.5 Å². The second-order valence-corrected chi connectivity index (χ2v) is 4.33. The minimum Gasteiger partial charge on any atom is -0.358 e. The van der Waals surface area contributed by atoms with Crippen LogP contribution in [0.2, 0.25) is 0 Å². The fraction of sp³-hybridized carbons (Fsp3) is 0.429. The summed E-state index contributed by atoms with van der Waals surface area (Å²) in [6.45, 7) is 3.29. The normalized spacial score (nSPS) is 11.1. The number of H-pyrrole nitrogens is 1. The van der Waals surface area contributed by atoms with E-state index in [9.17, 15) is 0 Å². The van der Waals surface area contributed by atoms with Crippen molar-refractivity contribution in [2.75, 3.05) is 13.6 Å². The second kappa shape index (κ2) is 5.17. The predicted molar refractivity (Wildman–Crippen MR) is 69.9 cm³/mol. The fourth-order valence-electron chi connectivity index (χ4n) is 2.26. The molecule has 0 saturated carbocycles. The highest BCUT2D eigenvalue weighted by Gasteiger charge is 2.06. The Hall–Kier alpha value is -1.28. The van der Waals surface area contributed by atoms with Crippen molar-refractivity contribution in [3.63, 3.8) is 0 Å². The summed E-state index contributed by atoms with van der Waals surface area (Å²) in [5.74, 6) is 0. The third kappa shape index (κ3) is 2.27. The Morgan fingerprint density at radius 3 is 2.81 bits per heavy atom. The van der Waals surface area contributed by atoms with Gasteiger partial charge in [0.25, 0.3) is 0 Å². The first kappa shape index (κ1) is 11.2. The van der Waals surface area contributed by atoms with Crippen LogP contribution in [0.15, 0.2) is 24.3 Å². The van der Waals surface area contributed by atoms with Gasteiger partial charge in [-0.2, -0.15) is 0 Å². The minimum absolute atomic E-state index is 1.11. The summed E-state index contributed by atoms with van der Waals surface area (Å²) in [5.41, 5.74) is 4.08. The van der Waals surface area contributed by atoms with Crippen molar-refractivity contribution in [1.29, 1.82) is 0 Å². The lowest BCUT2D eigenvalue weighted by molar-refractivity contribution is 0.677. The maximum absolute atomic E-state index is 3.45. The largest absolute Gasteiger partial charge is 0.358 e. The van der Waals surface area contributed by atoms with Gasteiger partial charge < -0.3 is 10.3 Å². The number of unbranched alkanes of at least 4 members (excludes halogenated alkanes) is 1. The molecule has 0 saturated heterocycles. The first-order valence-electron chi connectivity index (χ1n) is 6.03. The van der Waals surface area contributed by atoms with Crippen molar-refractivity contribution in [2.45, 2.75) is 26.2 Å². The van der Waals surface area contributed by atoms with Gasteiger partial charge in [0.1, 0.15) is 0 Å². The third-order valence-corrected chi connectivity index (χ3v) is 3.13. The molecule has 2 rings (SSSR count). The Bertz CT molecular complexity index is 457. The van der Waals surface area contributed by atoms with Crippen LogP contribution in [0.4, 0.5) is 0 Å². The van der Waals surface area contributed by atoms with Gasteiger partial charge in [-0.15, -0.1) is 0 Å². The van der Waals surface area contributed by atoms with Crippen molar-refractivity contribution >= 4 is 10.9 Å². The molecule has 1 heterocycles. The number of nitrogens with one attached hydrogen (secondary N) is 2. The SMILES string of the molecule is CNCCCCc1c(C)[nH]c2ccccc12. The second-order valence-electron chi connectivity index (χ2n) is 4.33. The summed E-state index contributed by atoms with van der Waals surface area (Å²) in [4.78, 5) is 3.45. The molecule has 1 aromatic heterocycles. The first-order chi connectivity index (χ1) is 7.83. The van der Waals surface area contributed by atoms with E-state index in [0.717, 1.165) is 6.54 Å². The van der Waals surface area contributed by atoms with E-state index in [1.165, 1.54) is 41.4 Å². The minimum atomic E-state index is 1.11. The summed E-state index contributed by atoms with van der Waals surface area (Å²) < 4.78 is 0. The van der Waals surface area contributed by atoms with Crippen LogP contribution in [-0.4, -0.2) is 18.6 Å². The van der Waals surface area contributed by atoms with Crippen molar-refractivity contribution in [3.8, 4) is 0 Å². The fourth-order valence-corrected chi connectivity index (χ4v) is 2.26. The van der Waals surface area contributed by atoms with E-state index < -0.39 is 0 Å². The van der Waals surface area contributed by atoms with Crippen LogP contribution < -0.4 is 5.32 Å². The summed E-state index contributed by atoms with van der Waals surface area (Å²) in [6, 6.07) is 8.57. The van der Waals surface area contributed by atoms with Gasteiger partial charge in [0, 0.05) is 16.6 Å². The van der Waals surface area contributed by atoms with Crippen molar-refractivity contribution in [3.05, 3.63) is 35.5 Å². The average molecular weight is 216 g/mol. The van der Waals surface area contributed by atoms with E-state index in [1.54, 1.807) is 0 Å². The highest BCUT2D eigenvalue weighted by atomic mass is 14.8. The van der Waals surface area contributed by atoms with Gasteiger partial charge in [-0.25, -0.2) is 0 Å². The number of hydrogen-bond donors (Lipinski definition) is 2. The Balaban J connectivity index is 2.13. The summed E-state index contributed by atoms with van der Waals surface area (Å²) >= 11 is 0. The standard InChI is InChI=1S/C14H20N2/c1-11-12(7-5-6-10-15-2)13-8-3-4-9-14(13)16-11/h3-4,8-9,15-16H,5-7,10H2,1-2H3. The molecule has 2 aromatic rings. The molecule has 16 heavy (non-hydrogen) atoms. The molecule has 0 aliphatic heterocycles. The zero-order chi connectivity index (χ0) is 11.4. The van der Waals surface area contributed by atoms with Crippen molar-refractivity contribution in [1.82, 2.24) is 10.3 Å². The molecule has 0 radical (unpaired) electrons. The number of aromatic nitrogens is 1. The number of para-hydroxylation sites is 1. The Kier molecular flexibility index (Phi) is 3.62. The van der Waals surface area contributed by atoms with Crippen molar-refractivity contribution < 1.29 is 0 Å². The van der Waals surface area contributed by atoms with Crippen LogP contribution in [0.1, 0.15) is 24.1 Å². The van der Waals surface area contributed by atoms with Gasteiger partial charge in [0.05, 0.1) is 0 Å². The van der Waals surface area contributed by atoms with Gasteiger partial charge in [-0.05, 0) is 51.4 Å². The molecule has 86 valence electrons. The summed E-state index contributed by atoms with van der Waals surface area (Å²) in [7, 11) is 2.01. The quantitative estimate of drug-likeness (QED) is 0.739. The molecular weight excluding hydrogens is 196 g/mol. The molecule has 0 atom stereocenters. The Morgan fingerprint density at radius 1 is 1.19 bits per heavy atom. The van der Waals surface area contributed by atoms with E-state index in [-0.39, 0.29) is 0 Å². The lowest BCUT2D eigenvalue weighted by Crippen LogP contribution is -2.07. The Labute approximate surface area is 97.1 Å². The molecule has 0 amide bonds. The van der Waals surface area contributed by atoms with Gasteiger partial charge in [0.2, 0.25) is 0 Å². The Morgan fingerprint density at radius 2 is 2.00 bits per heavy atom. The van der Waals surface area contributed by atoms with Crippen LogP contribution >= 0.6 is 0 Å². The molecule has 0 aliphatic rings. The zero-order valence-electron chi connectivity index (χ0n) is 10.1. The predicted octanol–water partition coefficient (Wildman–Crippen LogP) is 3.02. The topological polar surface area (TPSA) is 27.8 Å². The van der Waals surface area contributed by atoms with E-state index in [0.29, 0.717) is 0 Å². The van der Waals surface area contributed by atoms with Crippen LogP contribution in [0.5, 0.6) is 0 Å². The van der Waals surface area contributed by atoms with Crippen LogP contribution in [-0.2, 0) is 6.42 Å². The number of rotatable bonds is 5. The molecule has 1 aromatic carbocycles. The van der Waals surface area contributed by atoms with E-state index in [4.69, 9.17) is 0 Å². The van der Waals surface area contributed by atoms with Gasteiger partial charge in [-0.1, -0.05) is 18.2 Å². The molecule has 0 aliphatic carbocycles. The number of hydrogen-bond acceptors (Lipinski definition) is 1. The highest BCUT2D eigenvalue weighted by molar-refractivity contribution is 5.84. The molecule has 2 N–H and O–H groups in total. The number of benzene rings is 1. The molecule has 0 bridgehead atoms. The number of aromatic amines is 1. The van der Waals surface area contributed by atoms with Gasteiger partial charge in [0.15, 0.2) is 0 Å². The first-order valence-corrected chi connectivity index (χ1v) is 6.03. The van der Waals surface area contributed by atoms with Gasteiger partial charge >= 0.3 is 0 Å². The summed E-state index contributed by atoms with van der Waals surface area (Å²) in [6.07, 6.45) is 3.68. The molecule has 2 heteroatoms. The van der Waals surface area contributed by atoms with E-state index >= 15 is 0 Å². The maximum atomic E-state index is 3.45. The molecular formula is C14H20N2. The number of aryl methyl sites for hydroxylation is 2. The average Bonchev–Trinajstić information content (AvgIpc) is 2.61. The van der Waals surface area contributed by atoms with Crippen molar-refractivity contribution in [2.24, 2.45) is 0 Å². The van der Waals surface area contributed by atoms with Gasteiger partial charge in [-0.3, -0.25) is 0 Å². The van der Waals surface area contributed by atoms with Crippen LogP contribution in [0.25, 0.3) is 10.9 Å². The highest BCUT2D eigenvalue weighted by Crippen LogP contribution is 2.23. The molecule has 2 nitrogen and oxygen atoms in total. The molecule has 0 fully saturated rings. The van der Waals surface area contributed by atoms with Crippen LogP contribution in [0.3, 0.4) is 0 Å². The smallest absolute Gasteiger partial charge is 0.0458 e. The van der Waals surface area contributed by atoms with E-state index in [1.807, 2.05) is 7.05 Å². The van der Waals surface area contributed by atoms with Crippen LogP contribution in [0, 0.1) is 6.92 Å². The molecule has 0 unspecified atom stereocenters. The zero-order valence-corrected chi connectivity index (χ0v) is 10.1.